The molecular weight excluding hydrogens is 214 g/mol. The fourth-order valence-electron chi connectivity index (χ4n) is 1.81. The number of imidazole rings is 1. The van der Waals surface area contributed by atoms with Crippen molar-refractivity contribution in [1.82, 2.24) is 14.4 Å². The van der Waals surface area contributed by atoms with E-state index < -0.39 is 0 Å². The predicted molar refractivity (Wildman–Crippen MR) is 66.0 cm³/mol. The quantitative estimate of drug-likeness (QED) is 0.688. The maximum atomic E-state index is 11.8. The van der Waals surface area contributed by atoms with E-state index in [0.29, 0.717) is 5.78 Å². The van der Waals surface area contributed by atoms with Gasteiger partial charge < -0.3 is 4.98 Å². The summed E-state index contributed by atoms with van der Waals surface area (Å²) in [4.78, 5) is 19.0. The first-order valence-corrected chi connectivity index (χ1v) is 5.37. The molecule has 0 atom stereocenters. The molecule has 1 N–H and O–H groups in total. The predicted octanol–water partition coefficient (Wildman–Crippen LogP) is 2.00. The Labute approximate surface area is 97.6 Å². The van der Waals surface area contributed by atoms with Gasteiger partial charge in [0.05, 0.1) is 5.69 Å². The molecule has 0 saturated carbocycles. The first-order chi connectivity index (χ1) is 8.24. The molecule has 0 radical (unpaired) electrons. The van der Waals surface area contributed by atoms with Gasteiger partial charge in [-0.25, -0.2) is 4.98 Å². The van der Waals surface area contributed by atoms with E-state index in [-0.39, 0.29) is 5.56 Å². The van der Waals surface area contributed by atoms with Crippen LogP contribution in [0.3, 0.4) is 0 Å². The summed E-state index contributed by atoms with van der Waals surface area (Å²) in [5, 5.41) is 0. The molecule has 4 nitrogen and oxygen atoms in total. The zero-order valence-corrected chi connectivity index (χ0v) is 9.34. The van der Waals surface area contributed by atoms with E-state index in [2.05, 4.69) is 9.97 Å². The van der Waals surface area contributed by atoms with Gasteiger partial charge in [0.2, 0.25) is 5.78 Å². The highest BCUT2D eigenvalue weighted by Crippen LogP contribution is 2.16. The summed E-state index contributed by atoms with van der Waals surface area (Å²) in [5.41, 5.74) is 2.89. The highest BCUT2D eigenvalue weighted by atomic mass is 16.1. The van der Waals surface area contributed by atoms with Crippen LogP contribution in [0.1, 0.15) is 5.56 Å². The number of aromatic nitrogens is 3. The molecule has 0 aliphatic carbocycles. The molecule has 1 aromatic carbocycles. The van der Waals surface area contributed by atoms with Crippen LogP contribution in [0.15, 0.2) is 47.5 Å². The van der Waals surface area contributed by atoms with Gasteiger partial charge in [0.25, 0.3) is 5.56 Å². The summed E-state index contributed by atoms with van der Waals surface area (Å²) in [6.07, 6.45) is 3.25. The van der Waals surface area contributed by atoms with Crippen molar-refractivity contribution >= 4 is 5.78 Å². The summed E-state index contributed by atoms with van der Waals surface area (Å²) in [7, 11) is 0. The monoisotopic (exact) mass is 225 g/mol. The Bertz CT molecular complexity index is 722. The van der Waals surface area contributed by atoms with E-state index >= 15 is 0 Å². The summed E-state index contributed by atoms with van der Waals surface area (Å²) in [5.74, 6) is 0.563. The van der Waals surface area contributed by atoms with Crippen molar-refractivity contribution in [3.05, 3.63) is 58.6 Å². The maximum Gasteiger partial charge on any atom is 0.259 e. The van der Waals surface area contributed by atoms with Gasteiger partial charge in [-0.15, -0.1) is 0 Å². The molecule has 0 bridgehead atoms. The van der Waals surface area contributed by atoms with E-state index in [0.717, 1.165) is 11.3 Å². The summed E-state index contributed by atoms with van der Waals surface area (Å²) < 4.78 is 1.48. The third kappa shape index (κ3) is 1.63. The molecule has 0 unspecified atom stereocenters. The second kappa shape index (κ2) is 3.59. The van der Waals surface area contributed by atoms with Gasteiger partial charge in [-0.1, -0.05) is 29.8 Å². The minimum atomic E-state index is -0.0770. The molecule has 3 aromatic rings. The Kier molecular flexibility index (Phi) is 2.08. The van der Waals surface area contributed by atoms with E-state index in [1.54, 1.807) is 18.5 Å². The number of rotatable bonds is 1. The lowest BCUT2D eigenvalue weighted by molar-refractivity contribution is 1.06. The summed E-state index contributed by atoms with van der Waals surface area (Å²) in [6.45, 7) is 2.03. The normalized spacial score (nSPS) is 10.9. The average Bonchev–Trinajstić information content (AvgIpc) is 2.78. The number of benzene rings is 1. The van der Waals surface area contributed by atoms with Gasteiger partial charge in [0.1, 0.15) is 0 Å². The molecule has 0 amide bonds. The molecule has 0 aliphatic rings. The van der Waals surface area contributed by atoms with Gasteiger partial charge in [0, 0.05) is 18.5 Å². The lowest BCUT2D eigenvalue weighted by atomic mass is 10.1. The van der Waals surface area contributed by atoms with Gasteiger partial charge in [-0.05, 0) is 12.5 Å². The van der Waals surface area contributed by atoms with E-state index in [1.165, 1.54) is 9.96 Å². The van der Waals surface area contributed by atoms with Gasteiger partial charge in [-0.2, -0.15) is 0 Å². The maximum absolute atomic E-state index is 11.8. The fourth-order valence-corrected chi connectivity index (χ4v) is 1.81. The summed E-state index contributed by atoms with van der Waals surface area (Å²) >= 11 is 0. The third-order valence-electron chi connectivity index (χ3n) is 2.76. The Balaban J connectivity index is 2.23. The van der Waals surface area contributed by atoms with Crippen LogP contribution in [0, 0.1) is 6.92 Å². The first kappa shape index (κ1) is 9.84. The second-order valence-corrected chi connectivity index (χ2v) is 4.01. The Morgan fingerprint density at radius 2 is 2.00 bits per heavy atom. The van der Waals surface area contributed by atoms with Crippen LogP contribution in [0.5, 0.6) is 0 Å². The molecule has 0 spiro atoms. The third-order valence-corrected chi connectivity index (χ3v) is 2.76. The van der Waals surface area contributed by atoms with Crippen molar-refractivity contribution in [3.63, 3.8) is 0 Å². The Hall–Kier alpha value is -2.36. The van der Waals surface area contributed by atoms with Crippen molar-refractivity contribution in [2.45, 2.75) is 6.92 Å². The zero-order valence-electron chi connectivity index (χ0n) is 9.34. The number of aryl methyl sites for hydroxylation is 1. The van der Waals surface area contributed by atoms with E-state index in [1.807, 2.05) is 31.2 Å². The molecule has 4 heteroatoms. The SMILES string of the molecule is Cc1ccc(-c2cc(=O)n3ccnc3[nH]2)cc1. The molecule has 0 fully saturated rings. The van der Waals surface area contributed by atoms with Crippen LogP contribution in [0.4, 0.5) is 0 Å². The highest BCUT2D eigenvalue weighted by molar-refractivity contribution is 5.60. The number of nitrogens with zero attached hydrogens (tertiary/aromatic N) is 2. The number of aromatic amines is 1. The molecule has 3 rings (SSSR count). The number of H-pyrrole nitrogens is 1. The molecule has 0 saturated heterocycles. The van der Waals surface area contributed by atoms with Crippen LogP contribution in [0.2, 0.25) is 0 Å². The van der Waals surface area contributed by atoms with Crippen LogP contribution in [-0.2, 0) is 0 Å². The second-order valence-electron chi connectivity index (χ2n) is 4.01. The molecule has 2 heterocycles. The fraction of sp³-hybridized carbons (Fsp3) is 0.0769. The van der Waals surface area contributed by atoms with Crippen LogP contribution in [0.25, 0.3) is 17.0 Å². The van der Waals surface area contributed by atoms with Crippen molar-refractivity contribution in [1.29, 1.82) is 0 Å². The average molecular weight is 225 g/mol. The zero-order chi connectivity index (χ0) is 11.8. The minimum Gasteiger partial charge on any atom is -0.324 e. The number of fused-ring (bicyclic) bond motifs is 1. The molecule has 2 aromatic heterocycles. The number of hydrogen-bond donors (Lipinski definition) is 1. The minimum absolute atomic E-state index is 0.0770. The van der Waals surface area contributed by atoms with Crippen LogP contribution < -0.4 is 5.56 Å². The molecule has 84 valence electrons. The van der Waals surface area contributed by atoms with Crippen LogP contribution >= 0.6 is 0 Å². The smallest absolute Gasteiger partial charge is 0.259 e. The van der Waals surface area contributed by atoms with Gasteiger partial charge in [-0.3, -0.25) is 9.20 Å². The van der Waals surface area contributed by atoms with Gasteiger partial charge >= 0.3 is 0 Å². The lowest BCUT2D eigenvalue weighted by Gasteiger charge is -2.03. The largest absolute Gasteiger partial charge is 0.324 e. The molecular formula is C13H11N3O. The van der Waals surface area contributed by atoms with Crippen molar-refractivity contribution in [2.75, 3.05) is 0 Å². The van der Waals surface area contributed by atoms with Crippen molar-refractivity contribution in [2.24, 2.45) is 0 Å². The number of hydrogen-bond acceptors (Lipinski definition) is 2. The molecule has 0 aliphatic heterocycles. The lowest BCUT2D eigenvalue weighted by Crippen LogP contribution is -2.12. The topological polar surface area (TPSA) is 50.2 Å². The molecule has 17 heavy (non-hydrogen) atoms. The highest BCUT2D eigenvalue weighted by Gasteiger charge is 2.03. The summed E-state index contributed by atoms with van der Waals surface area (Å²) in [6, 6.07) is 9.59. The number of nitrogens with one attached hydrogen (secondary N) is 1. The van der Waals surface area contributed by atoms with Crippen LogP contribution in [-0.4, -0.2) is 14.4 Å². The van der Waals surface area contributed by atoms with Crippen molar-refractivity contribution < 1.29 is 0 Å². The van der Waals surface area contributed by atoms with E-state index in [4.69, 9.17) is 0 Å². The first-order valence-electron chi connectivity index (χ1n) is 5.37. The Morgan fingerprint density at radius 1 is 1.24 bits per heavy atom. The van der Waals surface area contributed by atoms with Crippen molar-refractivity contribution in [3.8, 4) is 11.3 Å². The van der Waals surface area contributed by atoms with E-state index in [9.17, 15) is 4.79 Å². The standard InChI is InChI=1S/C13H11N3O/c1-9-2-4-10(5-3-9)11-8-12(17)16-7-6-14-13(16)15-11/h2-8H,1H3,(H,14,15). The van der Waals surface area contributed by atoms with Gasteiger partial charge in [0.15, 0.2) is 0 Å². The Morgan fingerprint density at radius 3 is 2.76 bits per heavy atom.